The van der Waals surface area contributed by atoms with Crippen LogP contribution in [0.2, 0.25) is 0 Å². The van der Waals surface area contributed by atoms with Gasteiger partial charge in [0.25, 0.3) is 0 Å². The molecule has 0 aromatic carbocycles. The standard InChI is InChI=1S/C11H18N4O/c1-3-8-7(2)10(15-14-8)13-11(16)9-5-4-6-12-9/h9,12H,3-6H2,1-2H3,(H2,13,14,15,16). The second-order valence-electron chi connectivity index (χ2n) is 4.17. The molecule has 1 amide bonds. The molecule has 2 heterocycles. The Labute approximate surface area is 95.0 Å². The van der Waals surface area contributed by atoms with Crippen LogP contribution in [0.5, 0.6) is 0 Å². The topological polar surface area (TPSA) is 69.8 Å². The minimum absolute atomic E-state index is 0.0229. The van der Waals surface area contributed by atoms with Gasteiger partial charge in [-0.3, -0.25) is 9.89 Å². The summed E-state index contributed by atoms with van der Waals surface area (Å²) in [6.45, 7) is 4.96. The molecule has 0 radical (unpaired) electrons. The van der Waals surface area contributed by atoms with Crippen molar-refractivity contribution >= 4 is 11.7 Å². The Bertz CT molecular complexity index is 379. The number of hydrogen-bond acceptors (Lipinski definition) is 3. The number of carbonyl (C=O) groups is 1. The van der Waals surface area contributed by atoms with Gasteiger partial charge in [0.2, 0.25) is 5.91 Å². The minimum atomic E-state index is -0.0545. The summed E-state index contributed by atoms with van der Waals surface area (Å²) in [6, 6.07) is -0.0545. The molecule has 1 saturated heterocycles. The molecule has 1 atom stereocenters. The van der Waals surface area contributed by atoms with Gasteiger partial charge < -0.3 is 10.6 Å². The van der Waals surface area contributed by atoms with Crippen LogP contribution >= 0.6 is 0 Å². The summed E-state index contributed by atoms with van der Waals surface area (Å²) < 4.78 is 0. The van der Waals surface area contributed by atoms with E-state index in [0.717, 1.165) is 37.1 Å². The molecule has 1 aliphatic heterocycles. The van der Waals surface area contributed by atoms with Gasteiger partial charge in [0.1, 0.15) is 0 Å². The largest absolute Gasteiger partial charge is 0.308 e. The van der Waals surface area contributed by atoms with Crippen LogP contribution in [0.15, 0.2) is 0 Å². The van der Waals surface area contributed by atoms with Crippen LogP contribution in [0.3, 0.4) is 0 Å². The summed E-state index contributed by atoms with van der Waals surface area (Å²) in [6.07, 6.45) is 2.88. The fourth-order valence-corrected chi connectivity index (χ4v) is 2.01. The van der Waals surface area contributed by atoms with E-state index in [4.69, 9.17) is 0 Å². The first kappa shape index (κ1) is 11.1. The average Bonchev–Trinajstić information content (AvgIpc) is 2.89. The molecular formula is C11H18N4O. The number of anilines is 1. The van der Waals surface area contributed by atoms with Crippen LogP contribution in [0, 0.1) is 6.92 Å². The zero-order chi connectivity index (χ0) is 11.5. The van der Waals surface area contributed by atoms with E-state index in [0.29, 0.717) is 5.82 Å². The maximum atomic E-state index is 11.8. The summed E-state index contributed by atoms with van der Waals surface area (Å²) in [5, 5.41) is 13.1. The quantitative estimate of drug-likeness (QED) is 0.713. The van der Waals surface area contributed by atoms with E-state index in [1.54, 1.807) is 0 Å². The predicted octanol–water partition coefficient (Wildman–Crippen LogP) is 0.971. The molecule has 0 saturated carbocycles. The van der Waals surface area contributed by atoms with E-state index in [2.05, 4.69) is 27.8 Å². The van der Waals surface area contributed by atoms with Gasteiger partial charge in [0.15, 0.2) is 5.82 Å². The van der Waals surface area contributed by atoms with Gasteiger partial charge in [-0.2, -0.15) is 5.10 Å². The zero-order valence-corrected chi connectivity index (χ0v) is 9.76. The van der Waals surface area contributed by atoms with E-state index >= 15 is 0 Å². The lowest BCUT2D eigenvalue weighted by atomic mass is 10.2. The van der Waals surface area contributed by atoms with Gasteiger partial charge in [-0.25, -0.2) is 0 Å². The lowest BCUT2D eigenvalue weighted by molar-refractivity contribution is -0.117. The molecule has 0 aliphatic carbocycles. The molecule has 16 heavy (non-hydrogen) atoms. The van der Waals surface area contributed by atoms with Crippen molar-refractivity contribution < 1.29 is 4.79 Å². The Morgan fingerprint density at radius 1 is 1.62 bits per heavy atom. The predicted molar refractivity (Wildman–Crippen MR) is 62.4 cm³/mol. The first-order chi connectivity index (χ1) is 7.72. The third kappa shape index (κ3) is 2.09. The average molecular weight is 222 g/mol. The third-order valence-electron chi connectivity index (χ3n) is 3.08. The fraction of sp³-hybridized carbons (Fsp3) is 0.636. The van der Waals surface area contributed by atoms with Gasteiger partial charge in [-0.15, -0.1) is 0 Å². The van der Waals surface area contributed by atoms with Crippen molar-refractivity contribution in [2.75, 3.05) is 11.9 Å². The molecule has 1 aromatic rings. The smallest absolute Gasteiger partial charge is 0.242 e. The second kappa shape index (κ2) is 4.65. The fourth-order valence-electron chi connectivity index (χ4n) is 2.01. The van der Waals surface area contributed by atoms with Gasteiger partial charge in [0, 0.05) is 11.3 Å². The molecule has 88 valence electrons. The molecule has 1 unspecified atom stereocenters. The molecule has 0 bridgehead atoms. The number of aromatic amines is 1. The van der Waals surface area contributed by atoms with E-state index in [1.807, 2.05) is 6.92 Å². The Hall–Kier alpha value is -1.36. The van der Waals surface area contributed by atoms with Crippen molar-refractivity contribution in [2.24, 2.45) is 0 Å². The molecule has 5 heteroatoms. The highest BCUT2D eigenvalue weighted by Crippen LogP contribution is 2.16. The Kier molecular flexibility index (Phi) is 3.24. The van der Waals surface area contributed by atoms with E-state index < -0.39 is 0 Å². The van der Waals surface area contributed by atoms with Gasteiger partial charge in [0.05, 0.1) is 6.04 Å². The lowest BCUT2D eigenvalue weighted by Gasteiger charge is -2.09. The molecule has 1 aromatic heterocycles. The number of H-pyrrole nitrogens is 1. The van der Waals surface area contributed by atoms with Gasteiger partial charge in [-0.1, -0.05) is 6.92 Å². The minimum Gasteiger partial charge on any atom is -0.308 e. The van der Waals surface area contributed by atoms with Crippen LogP contribution < -0.4 is 10.6 Å². The van der Waals surface area contributed by atoms with Gasteiger partial charge in [-0.05, 0) is 32.7 Å². The summed E-state index contributed by atoms with van der Waals surface area (Å²) >= 11 is 0. The first-order valence-corrected chi connectivity index (χ1v) is 5.80. The normalized spacial score (nSPS) is 20.0. The number of nitrogens with zero attached hydrogens (tertiary/aromatic N) is 1. The molecule has 5 nitrogen and oxygen atoms in total. The van der Waals surface area contributed by atoms with E-state index in [9.17, 15) is 4.79 Å². The van der Waals surface area contributed by atoms with Crippen molar-refractivity contribution in [3.05, 3.63) is 11.3 Å². The second-order valence-corrected chi connectivity index (χ2v) is 4.17. The lowest BCUT2D eigenvalue weighted by Crippen LogP contribution is -2.35. The maximum absolute atomic E-state index is 11.8. The van der Waals surface area contributed by atoms with Crippen molar-refractivity contribution in [3.63, 3.8) is 0 Å². The highest BCUT2D eigenvalue weighted by atomic mass is 16.2. The Morgan fingerprint density at radius 3 is 3.00 bits per heavy atom. The summed E-state index contributed by atoms with van der Waals surface area (Å²) in [7, 11) is 0. The van der Waals surface area contributed by atoms with Crippen molar-refractivity contribution in [1.82, 2.24) is 15.5 Å². The van der Waals surface area contributed by atoms with Crippen LogP contribution in [0.25, 0.3) is 0 Å². The number of nitrogens with one attached hydrogen (secondary N) is 3. The summed E-state index contributed by atoms with van der Waals surface area (Å²) in [5.41, 5.74) is 2.11. The molecule has 2 rings (SSSR count). The van der Waals surface area contributed by atoms with Crippen LogP contribution in [-0.4, -0.2) is 28.7 Å². The van der Waals surface area contributed by atoms with E-state index in [-0.39, 0.29) is 11.9 Å². The number of aryl methyl sites for hydroxylation is 1. The maximum Gasteiger partial charge on any atom is 0.242 e. The van der Waals surface area contributed by atoms with Crippen molar-refractivity contribution in [2.45, 2.75) is 39.2 Å². The van der Waals surface area contributed by atoms with E-state index in [1.165, 1.54) is 0 Å². The Morgan fingerprint density at radius 2 is 2.44 bits per heavy atom. The van der Waals surface area contributed by atoms with Crippen LogP contribution in [0.1, 0.15) is 31.0 Å². The number of rotatable bonds is 3. The number of amides is 1. The molecule has 1 aliphatic rings. The zero-order valence-electron chi connectivity index (χ0n) is 9.76. The summed E-state index contributed by atoms with van der Waals surface area (Å²) in [4.78, 5) is 11.8. The number of hydrogen-bond donors (Lipinski definition) is 3. The van der Waals surface area contributed by atoms with Crippen LogP contribution in [-0.2, 0) is 11.2 Å². The molecule has 0 spiro atoms. The highest BCUT2D eigenvalue weighted by Gasteiger charge is 2.23. The number of carbonyl (C=O) groups excluding carboxylic acids is 1. The Balaban J connectivity index is 2.02. The number of aromatic nitrogens is 2. The monoisotopic (exact) mass is 222 g/mol. The molecular weight excluding hydrogens is 204 g/mol. The highest BCUT2D eigenvalue weighted by molar-refractivity contribution is 5.94. The SMILES string of the molecule is CCc1[nH]nc(NC(=O)C2CCCN2)c1C. The summed E-state index contributed by atoms with van der Waals surface area (Å²) in [5.74, 6) is 0.685. The van der Waals surface area contributed by atoms with Crippen molar-refractivity contribution in [3.8, 4) is 0 Å². The molecule has 3 N–H and O–H groups in total. The van der Waals surface area contributed by atoms with Crippen LogP contribution in [0.4, 0.5) is 5.82 Å². The first-order valence-electron chi connectivity index (χ1n) is 5.80. The van der Waals surface area contributed by atoms with Crippen molar-refractivity contribution in [1.29, 1.82) is 0 Å². The molecule has 1 fully saturated rings. The third-order valence-corrected chi connectivity index (χ3v) is 3.08. The van der Waals surface area contributed by atoms with Gasteiger partial charge >= 0.3 is 0 Å².